The number of hydrogen-bond donors (Lipinski definition) is 0. The molecule has 2 aromatic rings. The number of hydrogen-bond acceptors (Lipinski definition) is 6. The van der Waals surface area contributed by atoms with Gasteiger partial charge in [0.15, 0.2) is 6.10 Å². The highest BCUT2D eigenvalue weighted by Gasteiger charge is 2.20. The average Bonchev–Trinajstić information content (AvgIpc) is 2.80. The Kier molecular flexibility index (Phi) is 4.16. The Morgan fingerprint density at radius 3 is 2.52 bits per heavy atom. The molecule has 1 aromatic carbocycles. The Labute approximate surface area is 121 Å². The Hall–Kier alpha value is -2.50. The minimum atomic E-state index is -0.748. The molecular formula is C15H16O6. The predicted octanol–water partition coefficient (Wildman–Crippen LogP) is 2.47. The lowest BCUT2D eigenvalue weighted by molar-refractivity contribution is -0.147. The van der Waals surface area contributed by atoms with Crippen LogP contribution in [0.25, 0.3) is 11.0 Å². The van der Waals surface area contributed by atoms with Crippen molar-refractivity contribution in [1.29, 1.82) is 0 Å². The topological polar surface area (TPSA) is 75.0 Å². The quantitative estimate of drug-likeness (QED) is 0.806. The van der Waals surface area contributed by atoms with Crippen molar-refractivity contribution in [1.82, 2.24) is 0 Å². The highest BCUT2D eigenvalue weighted by molar-refractivity contribution is 6.04. The Bertz CT molecular complexity index is 685. The van der Waals surface area contributed by atoms with Crippen LogP contribution in [0.2, 0.25) is 0 Å². The molecule has 0 N–H and O–H groups in total. The SMILES string of the molecule is COC(=O)c1c(C)oc2ccc(O[C@H](C)C(=O)OC)cc12. The van der Waals surface area contributed by atoms with E-state index in [2.05, 4.69) is 4.74 Å². The highest BCUT2D eigenvalue weighted by atomic mass is 16.6. The van der Waals surface area contributed by atoms with Crippen molar-refractivity contribution in [3.63, 3.8) is 0 Å². The van der Waals surface area contributed by atoms with Crippen molar-refractivity contribution < 1.29 is 28.2 Å². The fraction of sp³-hybridized carbons (Fsp3) is 0.333. The largest absolute Gasteiger partial charge is 0.479 e. The van der Waals surface area contributed by atoms with Gasteiger partial charge < -0.3 is 18.6 Å². The van der Waals surface area contributed by atoms with Gasteiger partial charge in [-0.1, -0.05) is 0 Å². The van der Waals surface area contributed by atoms with Crippen LogP contribution < -0.4 is 4.74 Å². The zero-order chi connectivity index (χ0) is 15.6. The van der Waals surface area contributed by atoms with E-state index in [-0.39, 0.29) is 0 Å². The zero-order valence-electron chi connectivity index (χ0n) is 12.3. The van der Waals surface area contributed by atoms with Gasteiger partial charge >= 0.3 is 11.9 Å². The first-order valence-electron chi connectivity index (χ1n) is 6.34. The number of ether oxygens (including phenoxy) is 3. The third kappa shape index (κ3) is 2.84. The minimum Gasteiger partial charge on any atom is -0.479 e. The van der Waals surface area contributed by atoms with Gasteiger partial charge in [-0.05, 0) is 32.0 Å². The number of carbonyl (C=O) groups excluding carboxylic acids is 2. The summed E-state index contributed by atoms with van der Waals surface area (Å²) in [6.07, 6.45) is -0.748. The summed E-state index contributed by atoms with van der Waals surface area (Å²) in [5, 5.41) is 0.578. The number of furan rings is 1. The first kappa shape index (κ1) is 14.9. The third-order valence-corrected chi connectivity index (χ3v) is 3.07. The molecule has 21 heavy (non-hydrogen) atoms. The number of methoxy groups -OCH3 is 2. The van der Waals surface area contributed by atoms with Crippen molar-refractivity contribution >= 4 is 22.9 Å². The molecule has 0 unspecified atom stereocenters. The molecule has 1 heterocycles. The summed E-state index contributed by atoms with van der Waals surface area (Å²) in [4.78, 5) is 23.2. The van der Waals surface area contributed by atoms with Crippen LogP contribution in [0, 0.1) is 6.92 Å². The van der Waals surface area contributed by atoms with Crippen LogP contribution in [-0.4, -0.2) is 32.3 Å². The van der Waals surface area contributed by atoms with E-state index in [0.29, 0.717) is 28.0 Å². The molecule has 2 rings (SSSR count). The maximum atomic E-state index is 11.8. The summed E-state index contributed by atoms with van der Waals surface area (Å²) in [6.45, 7) is 3.27. The molecule has 0 amide bonds. The van der Waals surface area contributed by atoms with Gasteiger partial charge in [0.1, 0.15) is 22.7 Å². The molecule has 0 aliphatic rings. The van der Waals surface area contributed by atoms with E-state index in [4.69, 9.17) is 13.9 Å². The summed E-state index contributed by atoms with van der Waals surface area (Å²) in [7, 11) is 2.60. The summed E-state index contributed by atoms with van der Waals surface area (Å²) >= 11 is 0. The second-order valence-corrected chi connectivity index (χ2v) is 4.47. The molecule has 1 aromatic heterocycles. The van der Waals surface area contributed by atoms with Crippen molar-refractivity contribution in [2.24, 2.45) is 0 Å². The molecule has 0 aliphatic heterocycles. The molecule has 112 valence electrons. The van der Waals surface area contributed by atoms with E-state index in [1.165, 1.54) is 14.2 Å². The second kappa shape index (κ2) is 5.87. The van der Waals surface area contributed by atoms with Gasteiger partial charge in [0.2, 0.25) is 0 Å². The predicted molar refractivity (Wildman–Crippen MR) is 74.4 cm³/mol. The van der Waals surface area contributed by atoms with Gasteiger partial charge in [-0.2, -0.15) is 0 Å². The lowest BCUT2D eigenvalue weighted by atomic mass is 10.1. The number of fused-ring (bicyclic) bond motifs is 1. The number of carbonyl (C=O) groups is 2. The minimum absolute atomic E-state index is 0.351. The van der Waals surface area contributed by atoms with Crippen molar-refractivity contribution in [2.75, 3.05) is 14.2 Å². The van der Waals surface area contributed by atoms with E-state index in [0.717, 1.165) is 0 Å². The summed E-state index contributed by atoms with van der Waals surface area (Å²) in [6, 6.07) is 4.97. The monoisotopic (exact) mass is 292 g/mol. The van der Waals surface area contributed by atoms with Crippen LogP contribution in [0.1, 0.15) is 23.0 Å². The summed E-state index contributed by atoms with van der Waals surface area (Å²) in [5.74, 6) is -0.0579. The first-order valence-corrected chi connectivity index (χ1v) is 6.34. The van der Waals surface area contributed by atoms with Gasteiger partial charge in [0, 0.05) is 5.39 Å². The molecule has 0 radical (unpaired) electrons. The smallest absolute Gasteiger partial charge is 0.346 e. The second-order valence-electron chi connectivity index (χ2n) is 4.47. The normalized spacial score (nSPS) is 12.0. The molecule has 1 atom stereocenters. The summed E-state index contributed by atoms with van der Waals surface area (Å²) < 4.78 is 20.3. The molecule has 6 heteroatoms. The molecule has 0 spiro atoms. The van der Waals surface area contributed by atoms with E-state index in [9.17, 15) is 9.59 Å². The van der Waals surface area contributed by atoms with E-state index in [1.54, 1.807) is 32.0 Å². The lowest BCUT2D eigenvalue weighted by Crippen LogP contribution is -2.24. The van der Waals surface area contributed by atoms with Crippen molar-refractivity contribution in [3.8, 4) is 5.75 Å². The Balaban J connectivity index is 2.40. The first-order chi connectivity index (χ1) is 9.97. The van der Waals surface area contributed by atoms with Crippen LogP contribution in [0.4, 0.5) is 0 Å². The van der Waals surface area contributed by atoms with Crippen LogP contribution in [0.3, 0.4) is 0 Å². The number of rotatable bonds is 4. The lowest BCUT2D eigenvalue weighted by Gasteiger charge is -2.12. The van der Waals surface area contributed by atoms with Gasteiger partial charge in [-0.15, -0.1) is 0 Å². The maximum Gasteiger partial charge on any atom is 0.346 e. The van der Waals surface area contributed by atoms with Crippen LogP contribution in [0.15, 0.2) is 22.6 Å². The van der Waals surface area contributed by atoms with Crippen LogP contribution in [0.5, 0.6) is 5.75 Å². The van der Waals surface area contributed by atoms with Crippen LogP contribution in [-0.2, 0) is 14.3 Å². The van der Waals surface area contributed by atoms with E-state index in [1.807, 2.05) is 0 Å². The van der Waals surface area contributed by atoms with Gasteiger partial charge in [0.05, 0.1) is 14.2 Å². The number of benzene rings is 1. The fourth-order valence-corrected chi connectivity index (χ4v) is 2.05. The van der Waals surface area contributed by atoms with Crippen LogP contribution >= 0.6 is 0 Å². The standard InChI is InChI=1S/C15H16O6/c1-8-13(15(17)19-4)11-7-10(5-6-12(11)21-8)20-9(2)14(16)18-3/h5-7,9H,1-4H3/t9-/m1/s1. The zero-order valence-corrected chi connectivity index (χ0v) is 12.3. The average molecular weight is 292 g/mol. The highest BCUT2D eigenvalue weighted by Crippen LogP contribution is 2.30. The number of aryl methyl sites for hydroxylation is 1. The van der Waals surface area contributed by atoms with Gasteiger partial charge in [-0.25, -0.2) is 9.59 Å². The molecule has 0 saturated heterocycles. The molecule has 0 aliphatic carbocycles. The molecular weight excluding hydrogens is 276 g/mol. The maximum absolute atomic E-state index is 11.8. The van der Waals surface area contributed by atoms with E-state index >= 15 is 0 Å². The Morgan fingerprint density at radius 2 is 1.90 bits per heavy atom. The van der Waals surface area contributed by atoms with E-state index < -0.39 is 18.0 Å². The fourth-order valence-electron chi connectivity index (χ4n) is 2.05. The van der Waals surface area contributed by atoms with Gasteiger partial charge in [0.25, 0.3) is 0 Å². The molecule has 0 saturated carbocycles. The number of esters is 2. The van der Waals surface area contributed by atoms with Gasteiger partial charge in [-0.3, -0.25) is 0 Å². The van der Waals surface area contributed by atoms with Crippen molar-refractivity contribution in [2.45, 2.75) is 20.0 Å². The molecule has 6 nitrogen and oxygen atoms in total. The molecule has 0 fully saturated rings. The third-order valence-electron chi connectivity index (χ3n) is 3.07. The molecule has 0 bridgehead atoms. The van der Waals surface area contributed by atoms with Crippen molar-refractivity contribution in [3.05, 3.63) is 29.5 Å². The summed E-state index contributed by atoms with van der Waals surface area (Å²) in [5.41, 5.74) is 0.898. The Morgan fingerprint density at radius 1 is 1.19 bits per heavy atom.